The van der Waals surface area contributed by atoms with Gasteiger partial charge in [0.2, 0.25) is 11.7 Å². The number of thiol groups is 1. The van der Waals surface area contributed by atoms with E-state index in [4.69, 9.17) is 53.3 Å². The highest BCUT2D eigenvalue weighted by Crippen LogP contribution is 2.40. The first-order chi connectivity index (χ1) is 31.0. The summed E-state index contributed by atoms with van der Waals surface area (Å²) in [6.45, 7) is 4.25. The topological polar surface area (TPSA) is 309 Å². The van der Waals surface area contributed by atoms with Gasteiger partial charge in [0.15, 0.2) is 11.5 Å². The van der Waals surface area contributed by atoms with E-state index in [2.05, 4.69) is 33.9 Å². The van der Waals surface area contributed by atoms with Crippen molar-refractivity contribution in [1.29, 1.82) is 0 Å². The van der Waals surface area contributed by atoms with Gasteiger partial charge in [-0.1, -0.05) is 6.42 Å². The van der Waals surface area contributed by atoms with Crippen LogP contribution in [0.3, 0.4) is 0 Å². The van der Waals surface area contributed by atoms with Crippen molar-refractivity contribution in [3.8, 4) is 17.2 Å². The van der Waals surface area contributed by atoms with Gasteiger partial charge < -0.3 is 74.6 Å². The molecule has 362 valence electrons. The van der Waals surface area contributed by atoms with Gasteiger partial charge in [-0.05, 0) is 144 Å². The van der Waals surface area contributed by atoms with Crippen molar-refractivity contribution in [2.24, 2.45) is 52.2 Å². The lowest BCUT2D eigenvalue weighted by Crippen LogP contribution is -2.42. The van der Waals surface area contributed by atoms with Crippen molar-refractivity contribution in [3.05, 3.63) is 47.5 Å². The number of nitrogens with two attached hydrogens (primary N) is 6. The highest BCUT2D eigenvalue weighted by Gasteiger charge is 2.23. The molecular weight excluding hydrogens is 861 g/mol. The average molecular weight is 937 g/mol. The first kappa shape index (κ1) is 56.1. The lowest BCUT2D eigenvalue weighted by atomic mass is 10.1. The minimum Gasteiger partial charge on any atom is -0.490 e. The Morgan fingerprint density at radius 3 is 1.73 bits per heavy atom. The number of methoxy groups -OCH3 is 1. The van der Waals surface area contributed by atoms with E-state index in [0.29, 0.717) is 163 Å². The van der Waals surface area contributed by atoms with Crippen LogP contribution < -0.4 is 69.9 Å². The summed E-state index contributed by atoms with van der Waals surface area (Å²) in [4.78, 5) is 51.2. The van der Waals surface area contributed by atoms with E-state index in [0.717, 1.165) is 5.69 Å². The molecule has 0 saturated heterocycles. The van der Waals surface area contributed by atoms with Crippen LogP contribution in [-0.4, -0.2) is 133 Å². The normalized spacial score (nSPS) is 12.2. The first-order valence-electron chi connectivity index (χ1n) is 22.2. The van der Waals surface area contributed by atoms with Crippen molar-refractivity contribution in [1.82, 2.24) is 16.0 Å². The molecule has 0 aromatic heterocycles. The van der Waals surface area contributed by atoms with Crippen LogP contribution in [0.2, 0.25) is 0 Å². The highest BCUT2D eigenvalue weighted by molar-refractivity contribution is 7.98. The van der Waals surface area contributed by atoms with E-state index < -0.39 is 12.0 Å². The lowest BCUT2D eigenvalue weighted by Gasteiger charge is -2.21. The summed E-state index contributed by atoms with van der Waals surface area (Å²) in [5, 5.41) is 12.0. The number of benzene rings is 2. The number of rotatable bonds is 36. The smallest absolute Gasteiger partial charge is 0.328 e. The Morgan fingerprint density at radius 2 is 1.23 bits per heavy atom. The van der Waals surface area contributed by atoms with Crippen LogP contribution in [0.4, 0.5) is 5.69 Å². The Kier molecular flexibility index (Phi) is 29.3. The number of hydrogen-bond donors (Lipinski definition) is 11. The second kappa shape index (κ2) is 33.5. The number of esters is 1. The molecule has 0 aliphatic rings. The molecule has 2 aromatic rings. The number of unbranched alkanes of at least 4 members (excludes halogenated alkanes) is 2. The van der Waals surface area contributed by atoms with Gasteiger partial charge in [0.25, 0.3) is 11.8 Å². The zero-order valence-corrected chi connectivity index (χ0v) is 39.5. The number of amides is 3. The Labute approximate surface area is 389 Å². The Balaban J connectivity index is 1.96. The van der Waals surface area contributed by atoms with E-state index in [1.54, 1.807) is 48.2 Å². The fourth-order valence-electron chi connectivity index (χ4n) is 6.26. The second-order valence-electron chi connectivity index (χ2n) is 15.5. The molecule has 3 amide bonds. The third kappa shape index (κ3) is 21.3. The third-order valence-corrected chi connectivity index (χ3v) is 11.8. The minimum absolute atomic E-state index is 0.0715. The fourth-order valence-corrected chi connectivity index (χ4v) is 6.95. The summed E-state index contributed by atoms with van der Waals surface area (Å²) in [5.74, 6) is 1.15. The zero-order valence-electron chi connectivity index (χ0n) is 37.8. The molecule has 0 aliphatic carbocycles. The van der Waals surface area contributed by atoms with Gasteiger partial charge in [-0.3, -0.25) is 14.4 Å². The number of anilines is 1. The molecule has 64 heavy (non-hydrogen) atoms. The van der Waals surface area contributed by atoms with Crippen molar-refractivity contribution in [2.45, 2.75) is 63.5 Å². The molecule has 18 nitrogen and oxygen atoms in total. The number of ether oxygens (including phenoxy) is 4. The van der Waals surface area contributed by atoms with Gasteiger partial charge in [-0.25, -0.2) is 4.79 Å². The predicted octanol–water partition coefficient (Wildman–Crippen LogP) is 1.44. The van der Waals surface area contributed by atoms with Crippen LogP contribution in [0.5, 0.6) is 17.2 Å². The summed E-state index contributed by atoms with van der Waals surface area (Å²) in [6.07, 6.45) is 6.54. The van der Waals surface area contributed by atoms with Gasteiger partial charge in [-0.15, -0.1) is 0 Å². The molecule has 0 heterocycles. The van der Waals surface area contributed by atoms with Crippen molar-refractivity contribution in [3.63, 3.8) is 0 Å². The molecule has 0 unspecified atom stereocenters. The summed E-state index contributed by atoms with van der Waals surface area (Å²) in [6, 6.07) is 9.18. The number of thioether (sulfide) groups is 1. The molecule has 20 heteroatoms. The Bertz CT molecular complexity index is 1600. The van der Waals surface area contributed by atoms with Crippen LogP contribution in [-0.2, 0) is 14.3 Å². The SMILES string of the molecule is COC(=O)[C@H](CCSC)NC(=O)c1ccc(NC[C@H](CS)NC(=O)CCCCCNC(=O)c2cc(OCCC(CN)CN)c(OCCC(CN)CN)c(OCCC(CN)CN)c2)cc1. The van der Waals surface area contributed by atoms with E-state index in [-0.39, 0.29) is 41.5 Å². The quantitative estimate of drug-likeness (QED) is 0.0262. The van der Waals surface area contributed by atoms with Crippen LogP contribution >= 0.6 is 24.4 Å². The number of carbonyl (C=O) groups excluding carboxylic acids is 4. The summed E-state index contributed by atoms with van der Waals surface area (Å²) in [5.41, 5.74) is 36.7. The average Bonchev–Trinajstić information content (AvgIpc) is 3.31. The predicted molar refractivity (Wildman–Crippen MR) is 259 cm³/mol. The van der Waals surface area contributed by atoms with E-state index in [9.17, 15) is 19.2 Å². The third-order valence-electron chi connectivity index (χ3n) is 10.7. The number of hydrogen-bond acceptors (Lipinski definition) is 17. The molecule has 0 fully saturated rings. The molecular formula is C44H76N10O8S2. The number of nitrogens with one attached hydrogen (secondary N) is 4. The molecule has 16 N–H and O–H groups in total. The maximum absolute atomic E-state index is 13.5. The summed E-state index contributed by atoms with van der Waals surface area (Å²) < 4.78 is 23.5. The Morgan fingerprint density at radius 1 is 0.688 bits per heavy atom. The van der Waals surface area contributed by atoms with Gasteiger partial charge in [0.05, 0.1) is 33.0 Å². The Hall–Kier alpha value is -4.02. The van der Waals surface area contributed by atoms with Crippen LogP contribution in [0, 0.1) is 17.8 Å². The van der Waals surface area contributed by atoms with Gasteiger partial charge in [0, 0.05) is 42.1 Å². The van der Waals surface area contributed by atoms with Crippen LogP contribution in [0.1, 0.15) is 72.1 Å². The molecule has 0 spiro atoms. The van der Waals surface area contributed by atoms with Gasteiger partial charge in [0.1, 0.15) is 6.04 Å². The second-order valence-corrected chi connectivity index (χ2v) is 16.9. The van der Waals surface area contributed by atoms with Crippen molar-refractivity contribution < 1.29 is 38.1 Å². The fraction of sp³-hybridized carbons (Fsp3) is 0.636. The minimum atomic E-state index is -0.725. The summed E-state index contributed by atoms with van der Waals surface area (Å²) in [7, 11) is 1.30. The standard InChI is InChI=1S/C44H76N10O8S2/c1-59-44(58)37(14-19-64-2)54-43(57)33-7-9-35(10-8-33)52-28-36(29-63)53-40(55)6-4-3-5-15-51-42(56)34-20-38(60-16-11-30(22-45)23-46)41(62-18-13-32(26-49)27-50)39(21-34)61-17-12-31(24-47)25-48/h7-10,20-21,30-32,36-37,52,63H,3-6,11-19,22-29,45-50H2,1-2H3,(H,51,56)(H,53,55)(H,54,57)/t36-,37+/m1/s1. The molecule has 0 saturated carbocycles. The molecule has 0 bridgehead atoms. The first-order valence-corrected chi connectivity index (χ1v) is 24.2. The summed E-state index contributed by atoms with van der Waals surface area (Å²) >= 11 is 6.00. The molecule has 0 aliphatic heterocycles. The van der Waals surface area contributed by atoms with Gasteiger partial charge in [-0.2, -0.15) is 24.4 Å². The molecule has 2 aromatic carbocycles. The monoisotopic (exact) mass is 937 g/mol. The lowest BCUT2D eigenvalue weighted by molar-refractivity contribution is -0.142. The van der Waals surface area contributed by atoms with Gasteiger partial charge >= 0.3 is 5.97 Å². The molecule has 0 radical (unpaired) electrons. The number of carbonyl (C=O) groups is 4. The van der Waals surface area contributed by atoms with E-state index in [1.807, 2.05) is 6.26 Å². The zero-order chi connectivity index (χ0) is 47.1. The van der Waals surface area contributed by atoms with Crippen LogP contribution in [0.15, 0.2) is 36.4 Å². The van der Waals surface area contributed by atoms with Crippen LogP contribution in [0.25, 0.3) is 0 Å². The molecule has 2 atom stereocenters. The van der Waals surface area contributed by atoms with E-state index >= 15 is 0 Å². The van der Waals surface area contributed by atoms with Crippen molar-refractivity contribution >= 4 is 53.8 Å². The highest BCUT2D eigenvalue weighted by atomic mass is 32.2. The van der Waals surface area contributed by atoms with E-state index in [1.165, 1.54) is 7.11 Å². The maximum Gasteiger partial charge on any atom is 0.328 e. The molecule has 2 rings (SSSR count). The maximum atomic E-state index is 13.5. The van der Waals surface area contributed by atoms with Crippen molar-refractivity contribution in [2.75, 3.05) is 102 Å². The largest absolute Gasteiger partial charge is 0.490 e.